The summed E-state index contributed by atoms with van der Waals surface area (Å²) >= 11 is 6.36. The van der Waals surface area contributed by atoms with Gasteiger partial charge in [0.25, 0.3) is 0 Å². The predicted molar refractivity (Wildman–Crippen MR) is 92.2 cm³/mol. The van der Waals surface area contributed by atoms with Crippen molar-refractivity contribution in [2.75, 3.05) is 0 Å². The van der Waals surface area contributed by atoms with Gasteiger partial charge in [0.1, 0.15) is 5.82 Å². The molecule has 2 atom stereocenters. The molecule has 3 heteroatoms. The van der Waals surface area contributed by atoms with Crippen LogP contribution in [0, 0.1) is 6.92 Å². The topological polar surface area (TPSA) is 17.8 Å². The summed E-state index contributed by atoms with van der Waals surface area (Å²) in [5.41, 5.74) is 3.53. The maximum atomic E-state index is 6.36. The Morgan fingerprint density at radius 1 is 1.19 bits per heavy atom. The molecule has 0 N–H and O–H groups in total. The van der Waals surface area contributed by atoms with Gasteiger partial charge in [-0.25, -0.2) is 4.98 Å². The molecule has 0 radical (unpaired) electrons. The highest BCUT2D eigenvalue weighted by Crippen LogP contribution is 2.30. The summed E-state index contributed by atoms with van der Waals surface area (Å²) in [5, 5.41) is -0.0594. The minimum Gasteiger partial charge on any atom is -0.324 e. The van der Waals surface area contributed by atoms with E-state index in [1.54, 1.807) is 0 Å². The van der Waals surface area contributed by atoms with E-state index in [0.717, 1.165) is 11.3 Å². The van der Waals surface area contributed by atoms with Crippen LogP contribution < -0.4 is 0 Å². The van der Waals surface area contributed by atoms with Crippen LogP contribution >= 0.6 is 11.6 Å². The van der Waals surface area contributed by atoms with Gasteiger partial charge in [0, 0.05) is 6.04 Å². The molecule has 2 aromatic rings. The minimum atomic E-state index is -0.0594. The summed E-state index contributed by atoms with van der Waals surface area (Å²) in [4.78, 5) is 4.77. The quantitative estimate of drug-likeness (QED) is 0.441. The molecule has 1 aromatic carbocycles. The van der Waals surface area contributed by atoms with Crippen molar-refractivity contribution < 1.29 is 0 Å². The second kappa shape index (κ2) is 7.31. The van der Waals surface area contributed by atoms with Crippen molar-refractivity contribution in [3.8, 4) is 0 Å². The lowest BCUT2D eigenvalue weighted by Gasteiger charge is -2.18. The average Bonchev–Trinajstić information content (AvgIpc) is 2.82. The first kappa shape index (κ1) is 16.4. The third-order valence-corrected chi connectivity index (χ3v) is 4.34. The first-order valence-corrected chi connectivity index (χ1v) is 8.60. The fraction of sp³-hybridized carbons (Fsp3) is 0.611. The zero-order valence-corrected chi connectivity index (χ0v) is 14.5. The third-order valence-electron chi connectivity index (χ3n) is 4.14. The molecule has 2 rings (SSSR count). The van der Waals surface area contributed by atoms with Crippen LogP contribution in [0.15, 0.2) is 18.2 Å². The van der Waals surface area contributed by atoms with Crippen LogP contribution in [0.4, 0.5) is 0 Å². The molecule has 0 aliphatic carbocycles. The molecule has 0 saturated carbocycles. The molecule has 0 aliphatic rings. The molecule has 1 heterocycles. The fourth-order valence-corrected chi connectivity index (χ4v) is 3.12. The first-order chi connectivity index (χ1) is 10.0. The van der Waals surface area contributed by atoms with Crippen LogP contribution in [0.3, 0.4) is 0 Å². The van der Waals surface area contributed by atoms with Crippen LogP contribution in [-0.2, 0) is 0 Å². The van der Waals surface area contributed by atoms with Gasteiger partial charge in [-0.2, -0.15) is 0 Å². The van der Waals surface area contributed by atoms with E-state index >= 15 is 0 Å². The number of nitrogens with zero attached hydrogens (tertiary/aromatic N) is 2. The number of halogens is 1. The molecular weight excluding hydrogens is 280 g/mol. The molecular formula is C18H27ClN2. The van der Waals surface area contributed by atoms with Crippen molar-refractivity contribution in [1.29, 1.82) is 0 Å². The standard InChI is InChI=1S/C18H27ClN2/c1-5-6-7-8-9-14(3)21-17-11-10-13(2)12-16(17)20-18(21)15(4)19/h10-12,14-15H,5-9H2,1-4H3. The van der Waals surface area contributed by atoms with E-state index in [4.69, 9.17) is 16.6 Å². The Bertz CT molecular complexity index is 586. The Morgan fingerprint density at radius 3 is 2.62 bits per heavy atom. The van der Waals surface area contributed by atoms with Gasteiger partial charge < -0.3 is 4.57 Å². The SMILES string of the molecule is CCCCCCC(C)n1c(C(C)Cl)nc2cc(C)ccc21. The van der Waals surface area contributed by atoms with E-state index in [2.05, 4.69) is 43.5 Å². The zero-order chi connectivity index (χ0) is 15.4. The number of imidazole rings is 1. The number of hydrogen-bond donors (Lipinski definition) is 0. The van der Waals surface area contributed by atoms with E-state index in [-0.39, 0.29) is 5.38 Å². The summed E-state index contributed by atoms with van der Waals surface area (Å²) in [6, 6.07) is 6.94. The molecule has 0 spiro atoms. The summed E-state index contributed by atoms with van der Waals surface area (Å²) in [5.74, 6) is 1.00. The van der Waals surface area contributed by atoms with E-state index in [1.807, 2.05) is 6.92 Å². The number of unbranched alkanes of at least 4 members (excludes halogenated alkanes) is 3. The van der Waals surface area contributed by atoms with E-state index in [1.165, 1.54) is 43.2 Å². The summed E-state index contributed by atoms with van der Waals surface area (Å²) in [7, 11) is 0. The van der Waals surface area contributed by atoms with Gasteiger partial charge in [-0.1, -0.05) is 38.7 Å². The zero-order valence-electron chi connectivity index (χ0n) is 13.7. The van der Waals surface area contributed by atoms with Crippen LogP contribution in [-0.4, -0.2) is 9.55 Å². The molecule has 116 valence electrons. The number of alkyl halides is 1. The highest BCUT2D eigenvalue weighted by Gasteiger charge is 2.18. The molecule has 0 fully saturated rings. The number of benzene rings is 1. The van der Waals surface area contributed by atoms with Gasteiger partial charge in [0.2, 0.25) is 0 Å². The fourth-order valence-electron chi connectivity index (χ4n) is 2.97. The first-order valence-electron chi connectivity index (χ1n) is 8.17. The maximum Gasteiger partial charge on any atom is 0.127 e. The molecule has 21 heavy (non-hydrogen) atoms. The largest absolute Gasteiger partial charge is 0.324 e. The molecule has 0 bridgehead atoms. The number of fused-ring (bicyclic) bond motifs is 1. The van der Waals surface area contributed by atoms with Gasteiger partial charge >= 0.3 is 0 Å². The van der Waals surface area contributed by atoms with Gasteiger partial charge in [0.15, 0.2) is 0 Å². The molecule has 2 nitrogen and oxygen atoms in total. The Balaban J connectivity index is 2.29. The predicted octanol–water partition coefficient (Wildman–Crippen LogP) is 6.18. The number of rotatable bonds is 7. The van der Waals surface area contributed by atoms with Crippen molar-refractivity contribution in [3.05, 3.63) is 29.6 Å². The Hall–Kier alpha value is -1.02. The molecule has 0 saturated heterocycles. The van der Waals surface area contributed by atoms with Gasteiger partial charge in [-0.3, -0.25) is 0 Å². The number of aryl methyl sites for hydroxylation is 1. The van der Waals surface area contributed by atoms with Crippen molar-refractivity contribution >= 4 is 22.6 Å². The van der Waals surface area contributed by atoms with Crippen LogP contribution in [0.25, 0.3) is 11.0 Å². The van der Waals surface area contributed by atoms with Crippen LogP contribution in [0.1, 0.15) is 75.7 Å². The monoisotopic (exact) mass is 306 g/mol. The molecule has 0 aliphatic heterocycles. The Labute approximate surface area is 133 Å². The smallest absolute Gasteiger partial charge is 0.127 e. The van der Waals surface area contributed by atoms with Gasteiger partial charge in [-0.15, -0.1) is 11.6 Å². The van der Waals surface area contributed by atoms with E-state index < -0.39 is 0 Å². The minimum absolute atomic E-state index is 0.0594. The normalized spacial score (nSPS) is 14.5. The second-order valence-corrected chi connectivity index (χ2v) is 6.80. The van der Waals surface area contributed by atoms with Crippen molar-refractivity contribution in [3.63, 3.8) is 0 Å². The van der Waals surface area contributed by atoms with Crippen molar-refractivity contribution in [2.45, 2.75) is 71.2 Å². The van der Waals surface area contributed by atoms with Crippen LogP contribution in [0.5, 0.6) is 0 Å². The highest BCUT2D eigenvalue weighted by molar-refractivity contribution is 6.20. The molecule has 0 amide bonds. The molecule has 2 unspecified atom stereocenters. The van der Waals surface area contributed by atoms with E-state index in [0.29, 0.717) is 6.04 Å². The summed E-state index contributed by atoms with van der Waals surface area (Å²) in [6.07, 6.45) is 6.39. The number of aromatic nitrogens is 2. The summed E-state index contributed by atoms with van der Waals surface area (Å²) < 4.78 is 2.35. The van der Waals surface area contributed by atoms with E-state index in [9.17, 15) is 0 Å². The summed E-state index contributed by atoms with van der Waals surface area (Å²) in [6.45, 7) is 8.66. The average molecular weight is 307 g/mol. The lowest BCUT2D eigenvalue weighted by molar-refractivity contribution is 0.468. The van der Waals surface area contributed by atoms with Crippen molar-refractivity contribution in [2.24, 2.45) is 0 Å². The second-order valence-electron chi connectivity index (χ2n) is 6.15. The lowest BCUT2D eigenvalue weighted by Crippen LogP contribution is -2.10. The maximum absolute atomic E-state index is 6.36. The van der Waals surface area contributed by atoms with Crippen molar-refractivity contribution in [1.82, 2.24) is 9.55 Å². The van der Waals surface area contributed by atoms with Crippen LogP contribution in [0.2, 0.25) is 0 Å². The van der Waals surface area contributed by atoms with Gasteiger partial charge in [-0.05, 0) is 44.9 Å². The molecule has 1 aromatic heterocycles. The lowest BCUT2D eigenvalue weighted by atomic mass is 10.1. The Morgan fingerprint density at radius 2 is 1.95 bits per heavy atom. The van der Waals surface area contributed by atoms with Gasteiger partial charge in [0.05, 0.1) is 16.4 Å². The number of hydrogen-bond acceptors (Lipinski definition) is 1. The highest BCUT2D eigenvalue weighted by atomic mass is 35.5. The third kappa shape index (κ3) is 3.79. The Kier molecular flexibility index (Phi) is 5.69.